The Morgan fingerprint density at radius 2 is 2.38 bits per heavy atom. The van der Waals surface area contributed by atoms with Crippen molar-refractivity contribution in [3.05, 3.63) is 18.1 Å². The van der Waals surface area contributed by atoms with E-state index in [-0.39, 0.29) is 17.3 Å². The molecule has 1 N–H and O–H groups in total. The highest BCUT2D eigenvalue weighted by molar-refractivity contribution is 8.00. The van der Waals surface area contributed by atoms with Crippen molar-refractivity contribution in [1.29, 1.82) is 0 Å². The predicted octanol–water partition coefficient (Wildman–Crippen LogP) is 2.16. The number of carbonyl (C=O) groups is 1. The summed E-state index contributed by atoms with van der Waals surface area (Å²) in [5.41, 5.74) is 0.910. The van der Waals surface area contributed by atoms with Crippen LogP contribution in [-0.4, -0.2) is 45.2 Å². The summed E-state index contributed by atoms with van der Waals surface area (Å²) in [6.07, 6.45) is 3.86. The molecule has 0 spiro atoms. The summed E-state index contributed by atoms with van der Waals surface area (Å²) in [7, 11) is 1.89. The lowest BCUT2D eigenvalue weighted by atomic mass is 10.2. The summed E-state index contributed by atoms with van der Waals surface area (Å²) in [6, 6.07) is 1.87. The molecule has 0 saturated carbocycles. The number of carbonyl (C=O) groups excluding carboxylic acids is 1. The molecular weight excluding hydrogens is 328 g/mol. The van der Waals surface area contributed by atoms with Gasteiger partial charge in [-0.25, -0.2) is 0 Å². The zero-order chi connectivity index (χ0) is 17.1. The molecule has 24 heavy (non-hydrogen) atoms. The number of rotatable bonds is 6. The molecule has 0 aliphatic carbocycles. The van der Waals surface area contributed by atoms with Crippen molar-refractivity contribution >= 4 is 17.7 Å². The molecule has 1 aliphatic heterocycles. The van der Waals surface area contributed by atoms with Gasteiger partial charge in [0.2, 0.25) is 5.91 Å². The van der Waals surface area contributed by atoms with Crippen LogP contribution in [0.5, 0.6) is 0 Å². The molecular formula is C16H22N4O3S. The highest BCUT2D eigenvalue weighted by Crippen LogP contribution is 2.27. The van der Waals surface area contributed by atoms with E-state index >= 15 is 0 Å². The Balaban J connectivity index is 1.60. The molecule has 3 heterocycles. The predicted molar refractivity (Wildman–Crippen MR) is 90.7 cm³/mol. The number of thioether (sulfide) groups is 1. The van der Waals surface area contributed by atoms with E-state index in [1.807, 2.05) is 31.5 Å². The van der Waals surface area contributed by atoms with E-state index in [0.717, 1.165) is 36.6 Å². The molecule has 2 aromatic heterocycles. The molecule has 0 radical (unpaired) electrons. The van der Waals surface area contributed by atoms with Gasteiger partial charge in [0.25, 0.3) is 0 Å². The minimum absolute atomic E-state index is 0.0143. The molecule has 2 unspecified atom stereocenters. The van der Waals surface area contributed by atoms with Crippen LogP contribution in [0.4, 0.5) is 0 Å². The van der Waals surface area contributed by atoms with Gasteiger partial charge >= 0.3 is 0 Å². The fraction of sp³-hybridized carbons (Fsp3) is 0.562. The Labute approximate surface area is 145 Å². The first-order valence-corrected chi connectivity index (χ1v) is 8.94. The third-order valence-corrected chi connectivity index (χ3v) is 5.25. The summed E-state index contributed by atoms with van der Waals surface area (Å²) >= 11 is 1.39. The van der Waals surface area contributed by atoms with Crippen molar-refractivity contribution < 1.29 is 13.9 Å². The number of nitrogens with zero attached hydrogens (tertiary/aromatic N) is 3. The average Bonchev–Trinajstić information content (AvgIpc) is 3.29. The highest BCUT2D eigenvalue weighted by Gasteiger charge is 2.22. The van der Waals surface area contributed by atoms with Gasteiger partial charge in [-0.15, -0.1) is 10.2 Å². The van der Waals surface area contributed by atoms with Crippen molar-refractivity contribution in [1.82, 2.24) is 20.1 Å². The van der Waals surface area contributed by atoms with Gasteiger partial charge in [-0.1, -0.05) is 11.8 Å². The third kappa shape index (κ3) is 3.64. The lowest BCUT2D eigenvalue weighted by Crippen LogP contribution is -2.36. The quantitative estimate of drug-likeness (QED) is 0.804. The van der Waals surface area contributed by atoms with Crippen molar-refractivity contribution in [2.75, 3.05) is 13.2 Å². The largest absolute Gasteiger partial charge is 0.469 e. The van der Waals surface area contributed by atoms with E-state index < -0.39 is 0 Å². The van der Waals surface area contributed by atoms with Gasteiger partial charge < -0.3 is 19.0 Å². The second-order valence-electron chi connectivity index (χ2n) is 5.90. The van der Waals surface area contributed by atoms with Crippen LogP contribution >= 0.6 is 11.8 Å². The maximum atomic E-state index is 12.2. The topological polar surface area (TPSA) is 82.2 Å². The molecule has 2 atom stereocenters. The summed E-state index contributed by atoms with van der Waals surface area (Å²) in [5.74, 6) is 1.51. The molecule has 130 valence electrons. The van der Waals surface area contributed by atoms with Gasteiger partial charge in [0.15, 0.2) is 11.0 Å². The van der Waals surface area contributed by atoms with Crippen LogP contribution < -0.4 is 5.32 Å². The summed E-state index contributed by atoms with van der Waals surface area (Å²) < 4.78 is 12.7. The molecule has 0 bridgehead atoms. The van der Waals surface area contributed by atoms with Gasteiger partial charge in [-0.2, -0.15) is 0 Å². The average molecular weight is 350 g/mol. The lowest BCUT2D eigenvalue weighted by molar-refractivity contribution is -0.120. The Kier molecular flexibility index (Phi) is 5.25. The van der Waals surface area contributed by atoms with Crippen molar-refractivity contribution in [2.24, 2.45) is 7.05 Å². The van der Waals surface area contributed by atoms with E-state index in [2.05, 4.69) is 15.5 Å². The Morgan fingerprint density at radius 3 is 3.04 bits per heavy atom. The number of hydrogen-bond acceptors (Lipinski definition) is 6. The maximum absolute atomic E-state index is 12.2. The van der Waals surface area contributed by atoms with Crippen LogP contribution in [0.2, 0.25) is 0 Å². The first-order valence-electron chi connectivity index (χ1n) is 8.06. The van der Waals surface area contributed by atoms with E-state index in [4.69, 9.17) is 9.15 Å². The van der Waals surface area contributed by atoms with E-state index in [1.54, 1.807) is 6.26 Å². The second kappa shape index (κ2) is 7.40. The van der Waals surface area contributed by atoms with Crippen LogP contribution in [0.1, 0.15) is 25.5 Å². The number of aromatic nitrogens is 3. The number of furan rings is 1. The number of ether oxygens (including phenoxy) is 1. The van der Waals surface area contributed by atoms with Crippen LogP contribution in [0, 0.1) is 6.92 Å². The first kappa shape index (κ1) is 17.0. The molecule has 1 aliphatic rings. The van der Waals surface area contributed by atoms with Gasteiger partial charge in [-0.3, -0.25) is 4.79 Å². The van der Waals surface area contributed by atoms with Crippen molar-refractivity contribution in [3.8, 4) is 11.4 Å². The first-order chi connectivity index (χ1) is 11.6. The highest BCUT2D eigenvalue weighted by atomic mass is 32.2. The summed E-state index contributed by atoms with van der Waals surface area (Å²) in [4.78, 5) is 12.2. The monoisotopic (exact) mass is 350 g/mol. The number of aryl methyl sites for hydroxylation is 1. The molecule has 2 aromatic rings. The smallest absolute Gasteiger partial charge is 0.233 e. The second-order valence-corrected chi connectivity index (χ2v) is 7.20. The molecule has 7 nitrogen and oxygen atoms in total. The van der Waals surface area contributed by atoms with E-state index in [0.29, 0.717) is 11.7 Å². The minimum atomic E-state index is -0.257. The van der Waals surface area contributed by atoms with Crippen molar-refractivity contribution in [2.45, 2.75) is 43.2 Å². The van der Waals surface area contributed by atoms with Crippen LogP contribution in [0.3, 0.4) is 0 Å². The van der Waals surface area contributed by atoms with Crippen LogP contribution in [-0.2, 0) is 16.6 Å². The van der Waals surface area contributed by atoms with Gasteiger partial charge in [-0.05, 0) is 32.8 Å². The zero-order valence-electron chi connectivity index (χ0n) is 14.1. The van der Waals surface area contributed by atoms with Crippen LogP contribution in [0.25, 0.3) is 11.4 Å². The van der Waals surface area contributed by atoms with Gasteiger partial charge in [0.05, 0.1) is 23.2 Å². The molecule has 1 amide bonds. The Bertz CT molecular complexity index is 706. The molecule has 1 saturated heterocycles. The fourth-order valence-electron chi connectivity index (χ4n) is 2.64. The SMILES string of the molecule is Cc1occc1-c1nnc(SC(C)C(=O)NCC2CCCO2)n1C. The number of amides is 1. The lowest BCUT2D eigenvalue weighted by Gasteiger charge is -2.14. The van der Waals surface area contributed by atoms with Gasteiger partial charge in [0, 0.05) is 20.2 Å². The van der Waals surface area contributed by atoms with Crippen molar-refractivity contribution in [3.63, 3.8) is 0 Å². The Morgan fingerprint density at radius 1 is 1.54 bits per heavy atom. The van der Waals surface area contributed by atoms with Crippen LogP contribution in [0.15, 0.2) is 21.9 Å². The zero-order valence-corrected chi connectivity index (χ0v) is 14.9. The van der Waals surface area contributed by atoms with E-state index in [1.165, 1.54) is 11.8 Å². The summed E-state index contributed by atoms with van der Waals surface area (Å²) in [6.45, 7) is 5.12. The molecule has 8 heteroatoms. The molecule has 3 rings (SSSR count). The van der Waals surface area contributed by atoms with E-state index in [9.17, 15) is 4.79 Å². The minimum Gasteiger partial charge on any atom is -0.469 e. The van der Waals surface area contributed by atoms with Gasteiger partial charge in [0.1, 0.15) is 5.76 Å². The fourth-order valence-corrected chi connectivity index (χ4v) is 3.48. The normalized spacial score (nSPS) is 18.7. The maximum Gasteiger partial charge on any atom is 0.233 e. The summed E-state index contributed by atoms with van der Waals surface area (Å²) in [5, 5.41) is 11.8. The Hall–Kier alpha value is -1.80. The molecule has 0 aromatic carbocycles. The number of nitrogens with one attached hydrogen (secondary N) is 1. The standard InChI is InChI=1S/C16H22N4O3S/c1-10-13(6-8-22-10)14-18-19-16(20(14)3)24-11(2)15(21)17-9-12-5-4-7-23-12/h6,8,11-12H,4-5,7,9H2,1-3H3,(H,17,21). The molecule has 1 fully saturated rings. The third-order valence-electron chi connectivity index (χ3n) is 4.11. The number of hydrogen-bond donors (Lipinski definition) is 1.